The van der Waals surface area contributed by atoms with Gasteiger partial charge in [-0.05, 0) is 105 Å². The second kappa shape index (κ2) is 7.34. The molecule has 4 aliphatic carbocycles. The third-order valence-electron chi connectivity index (χ3n) is 9.97. The minimum Gasteiger partial charge on any atom is -0.300 e. The number of allylic oxidation sites excluding steroid dienone is 2. The van der Waals surface area contributed by atoms with Crippen molar-refractivity contribution in [1.29, 1.82) is 0 Å². The van der Waals surface area contributed by atoms with Crippen LogP contribution in [0.15, 0.2) is 11.6 Å². The molecule has 0 unspecified atom stereocenters. The third-order valence-corrected chi connectivity index (χ3v) is 9.97. The van der Waals surface area contributed by atoms with Crippen molar-refractivity contribution in [2.24, 2.45) is 40.4 Å². The van der Waals surface area contributed by atoms with Gasteiger partial charge in [0.15, 0.2) is 0 Å². The van der Waals surface area contributed by atoms with Gasteiger partial charge in [0.2, 0.25) is 0 Å². The summed E-state index contributed by atoms with van der Waals surface area (Å²) < 4.78 is 0. The van der Waals surface area contributed by atoms with E-state index in [2.05, 4.69) is 26.8 Å². The van der Waals surface area contributed by atoms with E-state index in [1.165, 1.54) is 64.2 Å². The maximum absolute atomic E-state index is 11.3. The predicted molar refractivity (Wildman–Crippen MR) is 114 cm³/mol. The molecule has 3 fully saturated rings. The van der Waals surface area contributed by atoms with Crippen LogP contribution >= 0.6 is 0 Å². The Labute approximate surface area is 167 Å². The van der Waals surface area contributed by atoms with E-state index in [0.717, 1.165) is 42.4 Å². The van der Waals surface area contributed by atoms with Gasteiger partial charge in [-0.3, -0.25) is 0 Å². The van der Waals surface area contributed by atoms with E-state index in [0.29, 0.717) is 16.6 Å². The summed E-state index contributed by atoms with van der Waals surface area (Å²) in [7, 11) is 0. The number of ketones is 1. The first kappa shape index (κ1) is 19.7. The summed E-state index contributed by atoms with van der Waals surface area (Å²) in [5.41, 5.74) is 2.94. The van der Waals surface area contributed by atoms with Gasteiger partial charge >= 0.3 is 0 Å². The maximum Gasteiger partial charge on any atom is 0.129 e. The Bertz CT molecular complexity index is 603. The molecule has 7 atom stereocenters. The van der Waals surface area contributed by atoms with Crippen molar-refractivity contribution in [3.63, 3.8) is 0 Å². The van der Waals surface area contributed by atoms with Gasteiger partial charge in [-0.1, -0.05) is 45.3 Å². The van der Waals surface area contributed by atoms with Crippen molar-refractivity contribution in [3.8, 4) is 0 Å². The molecule has 0 spiro atoms. The molecule has 3 saturated carbocycles. The Morgan fingerprint density at radius 2 is 1.96 bits per heavy atom. The Morgan fingerprint density at radius 1 is 1.15 bits per heavy atom. The number of hydrogen-bond donors (Lipinski definition) is 0. The van der Waals surface area contributed by atoms with E-state index in [4.69, 9.17) is 0 Å². The van der Waals surface area contributed by atoms with Gasteiger partial charge < -0.3 is 4.79 Å². The van der Waals surface area contributed by atoms with Crippen LogP contribution in [-0.2, 0) is 4.79 Å². The number of Topliss-reactive ketones (excluding diaryl/α,β-unsaturated/α-hetero) is 1. The minimum atomic E-state index is 0.365. The van der Waals surface area contributed by atoms with E-state index >= 15 is 0 Å². The SMILES string of the molecule is CC(=O)CCC[C@@H](C)[C@H]1CC[C@H]2[C@@H]3CC=C4CCCC[C@]4(C)[C@H]3CC[C@]12C. The van der Waals surface area contributed by atoms with Crippen molar-refractivity contribution < 1.29 is 4.79 Å². The van der Waals surface area contributed by atoms with E-state index in [9.17, 15) is 4.79 Å². The normalized spacial score (nSPS) is 44.7. The lowest BCUT2D eigenvalue weighted by Gasteiger charge is -2.58. The summed E-state index contributed by atoms with van der Waals surface area (Å²) in [6.07, 6.45) is 18.8. The zero-order valence-electron chi connectivity index (χ0n) is 18.4. The lowest BCUT2D eigenvalue weighted by molar-refractivity contribution is -0.117. The zero-order chi connectivity index (χ0) is 19.2. The first-order chi connectivity index (χ1) is 12.9. The van der Waals surface area contributed by atoms with Crippen LogP contribution in [0.5, 0.6) is 0 Å². The molecule has 0 aromatic rings. The van der Waals surface area contributed by atoms with Crippen LogP contribution in [0.25, 0.3) is 0 Å². The molecular formula is C26H42O. The molecule has 27 heavy (non-hydrogen) atoms. The Balaban J connectivity index is 1.50. The second-order valence-corrected chi connectivity index (χ2v) is 11.3. The van der Waals surface area contributed by atoms with Gasteiger partial charge in [0, 0.05) is 6.42 Å². The minimum absolute atomic E-state index is 0.365. The summed E-state index contributed by atoms with van der Waals surface area (Å²) in [6.45, 7) is 9.53. The van der Waals surface area contributed by atoms with Gasteiger partial charge in [-0.15, -0.1) is 0 Å². The average Bonchev–Trinajstić information content (AvgIpc) is 2.98. The fourth-order valence-corrected chi connectivity index (χ4v) is 8.55. The molecule has 152 valence electrons. The quantitative estimate of drug-likeness (QED) is 0.462. The van der Waals surface area contributed by atoms with Gasteiger partial charge in [-0.25, -0.2) is 0 Å². The third kappa shape index (κ3) is 3.25. The van der Waals surface area contributed by atoms with Gasteiger partial charge in [-0.2, -0.15) is 0 Å². The summed E-state index contributed by atoms with van der Waals surface area (Å²) in [6, 6.07) is 0. The maximum atomic E-state index is 11.3. The highest BCUT2D eigenvalue weighted by Crippen LogP contribution is 2.67. The molecule has 0 aromatic carbocycles. The molecule has 0 bridgehead atoms. The number of fused-ring (bicyclic) bond motifs is 5. The number of rotatable bonds is 5. The predicted octanol–water partition coefficient (Wildman–Crippen LogP) is 7.35. The van der Waals surface area contributed by atoms with Crippen molar-refractivity contribution in [3.05, 3.63) is 11.6 Å². The van der Waals surface area contributed by atoms with E-state index < -0.39 is 0 Å². The van der Waals surface area contributed by atoms with Crippen molar-refractivity contribution in [2.45, 2.75) is 105 Å². The first-order valence-corrected chi connectivity index (χ1v) is 12.0. The largest absolute Gasteiger partial charge is 0.300 e. The van der Waals surface area contributed by atoms with Crippen molar-refractivity contribution in [2.75, 3.05) is 0 Å². The van der Waals surface area contributed by atoms with Crippen LogP contribution in [0.4, 0.5) is 0 Å². The average molecular weight is 371 g/mol. The van der Waals surface area contributed by atoms with Crippen LogP contribution in [0.1, 0.15) is 105 Å². The molecule has 1 nitrogen and oxygen atoms in total. The van der Waals surface area contributed by atoms with Gasteiger partial charge in [0.05, 0.1) is 0 Å². The van der Waals surface area contributed by atoms with Gasteiger partial charge in [0.1, 0.15) is 5.78 Å². The molecule has 0 aromatic heterocycles. The Kier molecular flexibility index (Phi) is 5.36. The van der Waals surface area contributed by atoms with Crippen LogP contribution in [0.3, 0.4) is 0 Å². The van der Waals surface area contributed by atoms with Crippen LogP contribution in [0, 0.1) is 40.4 Å². The molecule has 0 heterocycles. The van der Waals surface area contributed by atoms with Crippen LogP contribution in [0.2, 0.25) is 0 Å². The van der Waals surface area contributed by atoms with Crippen LogP contribution < -0.4 is 0 Å². The Hall–Kier alpha value is -0.590. The summed E-state index contributed by atoms with van der Waals surface area (Å²) in [5.74, 6) is 4.90. The molecule has 1 heteroatoms. The van der Waals surface area contributed by atoms with E-state index in [-0.39, 0.29) is 0 Å². The van der Waals surface area contributed by atoms with Crippen molar-refractivity contribution in [1.82, 2.24) is 0 Å². The van der Waals surface area contributed by atoms with Crippen molar-refractivity contribution >= 4 is 5.78 Å². The molecule has 4 aliphatic rings. The highest BCUT2D eigenvalue weighted by molar-refractivity contribution is 5.75. The molecule has 0 radical (unpaired) electrons. The van der Waals surface area contributed by atoms with Crippen LogP contribution in [-0.4, -0.2) is 5.78 Å². The molecule has 4 rings (SSSR count). The zero-order valence-corrected chi connectivity index (χ0v) is 18.4. The molecule has 0 saturated heterocycles. The summed E-state index contributed by atoms with van der Waals surface area (Å²) in [5, 5.41) is 0. The summed E-state index contributed by atoms with van der Waals surface area (Å²) >= 11 is 0. The Morgan fingerprint density at radius 3 is 2.74 bits per heavy atom. The standard InChI is InChI=1S/C26H42O/c1-18(8-7-9-19(2)27)22-13-14-23-21-12-11-20-10-5-6-16-25(20,3)24(21)15-17-26(22,23)4/h11,18,21-24H,5-10,12-17H2,1-4H3/t18-,21+,22-,23+,24+,25+,26-/m1/s1. The summed E-state index contributed by atoms with van der Waals surface area (Å²) in [4.78, 5) is 11.3. The molecule has 0 N–H and O–H groups in total. The molecule has 0 amide bonds. The smallest absolute Gasteiger partial charge is 0.129 e. The topological polar surface area (TPSA) is 17.1 Å². The monoisotopic (exact) mass is 370 g/mol. The fourth-order valence-electron chi connectivity index (χ4n) is 8.55. The fraction of sp³-hybridized carbons (Fsp3) is 0.885. The number of hydrogen-bond acceptors (Lipinski definition) is 1. The van der Waals surface area contributed by atoms with E-state index in [1.807, 2.05) is 5.57 Å². The molecular weight excluding hydrogens is 328 g/mol. The highest BCUT2D eigenvalue weighted by atomic mass is 16.1. The second-order valence-electron chi connectivity index (χ2n) is 11.3. The highest BCUT2D eigenvalue weighted by Gasteiger charge is 2.58. The number of carbonyl (C=O) groups excluding carboxylic acids is 1. The molecule has 0 aliphatic heterocycles. The first-order valence-electron chi connectivity index (χ1n) is 12.0. The van der Waals surface area contributed by atoms with Gasteiger partial charge in [0.25, 0.3) is 0 Å². The lowest BCUT2D eigenvalue weighted by atomic mass is 9.47. The lowest BCUT2D eigenvalue weighted by Crippen LogP contribution is -2.50. The van der Waals surface area contributed by atoms with E-state index in [1.54, 1.807) is 6.92 Å². The number of carbonyl (C=O) groups is 1.